The third kappa shape index (κ3) is 4.62. The van der Waals surface area contributed by atoms with Crippen molar-refractivity contribution in [2.75, 3.05) is 13.9 Å². The molecule has 9 nitrogen and oxygen atoms in total. The van der Waals surface area contributed by atoms with E-state index >= 15 is 0 Å². The van der Waals surface area contributed by atoms with Crippen molar-refractivity contribution in [2.24, 2.45) is 0 Å². The van der Waals surface area contributed by atoms with Gasteiger partial charge in [0.25, 0.3) is 0 Å². The molecular weight excluding hydrogens is 424 g/mol. The lowest BCUT2D eigenvalue weighted by molar-refractivity contribution is -0.139. The number of carbonyl (C=O) groups excluding carboxylic acids is 1. The standard InChI is InChI=1S/C24H20N4O5/c1-30-23(29)12-17-13-26-22(11-16-2-7-20-21(10-16)32-15-31-20)27-24(17)33-19-5-3-18(4-6-19)28-9-8-25-14-28/h2-10,13-14H,11-12,15H2,1H3. The van der Waals surface area contributed by atoms with Gasteiger partial charge in [-0.05, 0) is 42.0 Å². The number of esters is 1. The second-order valence-corrected chi connectivity index (χ2v) is 7.30. The van der Waals surface area contributed by atoms with E-state index in [2.05, 4.69) is 15.0 Å². The first-order valence-electron chi connectivity index (χ1n) is 10.2. The molecule has 0 saturated heterocycles. The van der Waals surface area contributed by atoms with Gasteiger partial charge in [-0.1, -0.05) is 6.07 Å². The van der Waals surface area contributed by atoms with Crippen LogP contribution in [0.25, 0.3) is 5.69 Å². The first kappa shape index (κ1) is 20.5. The summed E-state index contributed by atoms with van der Waals surface area (Å²) in [6.45, 7) is 0.217. The molecule has 9 heteroatoms. The number of benzene rings is 2. The molecule has 2 aromatic heterocycles. The monoisotopic (exact) mass is 444 g/mol. The highest BCUT2D eigenvalue weighted by Crippen LogP contribution is 2.33. The predicted octanol–water partition coefficient (Wildman–Crippen LogP) is 3.49. The van der Waals surface area contributed by atoms with Gasteiger partial charge in [0.05, 0.1) is 19.9 Å². The van der Waals surface area contributed by atoms with E-state index in [0.29, 0.717) is 35.2 Å². The predicted molar refractivity (Wildman–Crippen MR) is 117 cm³/mol. The second-order valence-electron chi connectivity index (χ2n) is 7.30. The highest BCUT2D eigenvalue weighted by molar-refractivity contribution is 5.73. The summed E-state index contributed by atoms with van der Waals surface area (Å²) in [6.07, 6.45) is 7.36. The molecule has 2 aromatic carbocycles. The number of ether oxygens (including phenoxy) is 4. The van der Waals surface area contributed by atoms with Gasteiger partial charge in [0, 0.05) is 36.3 Å². The lowest BCUT2D eigenvalue weighted by Crippen LogP contribution is -2.09. The van der Waals surface area contributed by atoms with Gasteiger partial charge in [-0.2, -0.15) is 4.98 Å². The Morgan fingerprint density at radius 3 is 2.76 bits per heavy atom. The number of nitrogens with zero attached hydrogens (tertiary/aromatic N) is 4. The van der Waals surface area contributed by atoms with E-state index in [1.807, 2.05) is 53.2 Å². The molecule has 1 aliphatic rings. The highest BCUT2D eigenvalue weighted by atomic mass is 16.7. The van der Waals surface area contributed by atoms with Crippen LogP contribution in [0.5, 0.6) is 23.1 Å². The molecule has 0 bridgehead atoms. The molecule has 166 valence electrons. The van der Waals surface area contributed by atoms with Crippen molar-refractivity contribution in [3.05, 3.63) is 84.3 Å². The molecular formula is C24H20N4O5. The third-order valence-electron chi connectivity index (χ3n) is 5.09. The van der Waals surface area contributed by atoms with Gasteiger partial charge in [0.2, 0.25) is 12.7 Å². The second kappa shape index (κ2) is 8.99. The quantitative estimate of drug-likeness (QED) is 0.400. The van der Waals surface area contributed by atoms with Crippen LogP contribution in [0.2, 0.25) is 0 Å². The summed E-state index contributed by atoms with van der Waals surface area (Å²) in [7, 11) is 1.34. The van der Waals surface area contributed by atoms with Crippen molar-refractivity contribution in [3.63, 3.8) is 0 Å². The molecule has 0 saturated carbocycles. The van der Waals surface area contributed by atoms with E-state index in [4.69, 9.17) is 18.9 Å². The van der Waals surface area contributed by atoms with Gasteiger partial charge in [-0.15, -0.1) is 0 Å². The van der Waals surface area contributed by atoms with Gasteiger partial charge in [0.15, 0.2) is 11.5 Å². The molecule has 0 unspecified atom stereocenters. The van der Waals surface area contributed by atoms with Crippen LogP contribution in [0.15, 0.2) is 67.4 Å². The van der Waals surface area contributed by atoms with Crippen LogP contribution in [-0.2, 0) is 22.4 Å². The lowest BCUT2D eigenvalue weighted by Gasteiger charge is -2.12. The third-order valence-corrected chi connectivity index (χ3v) is 5.09. The summed E-state index contributed by atoms with van der Waals surface area (Å²) in [5, 5.41) is 0. The average molecular weight is 444 g/mol. The van der Waals surface area contributed by atoms with Crippen molar-refractivity contribution in [2.45, 2.75) is 12.8 Å². The minimum Gasteiger partial charge on any atom is -0.469 e. The molecule has 5 rings (SSSR count). The maximum absolute atomic E-state index is 11.9. The summed E-state index contributed by atoms with van der Waals surface area (Å²) in [4.78, 5) is 24.9. The first-order valence-corrected chi connectivity index (χ1v) is 10.2. The summed E-state index contributed by atoms with van der Waals surface area (Å²) in [5.41, 5.74) is 2.45. The van der Waals surface area contributed by atoms with Crippen LogP contribution >= 0.6 is 0 Å². The molecule has 33 heavy (non-hydrogen) atoms. The van der Waals surface area contributed by atoms with Crippen LogP contribution in [0, 0.1) is 0 Å². The number of aromatic nitrogens is 4. The topological polar surface area (TPSA) is 97.6 Å². The average Bonchev–Trinajstić information content (AvgIpc) is 3.53. The Morgan fingerprint density at radius 1 is 1.12 bits per heavy atom. The summed E-state index contributed by atoms with van der Waals surface area (Å²) >= 11 is 0. The number of imidazole rings is 1. The van der Waals surface area contributed by atoms with E-state index in [-0.39, 0.29) is 13.2 Å². The van der Waals surface area contributed by atoms with Crippen LogP contribution < -0.4 is 14.2 Å². The molecule has 0 aliphatic carbocycles. The van der Waals surface area contributed by atoms with E-state index in [1.165, 1.54) is 7.11 Å². The Kier molecular flexibility index (Phi) is 5.59. The molecule has 3 heterocycles. The number of fused-ring (bicyclic) bond motifs is 1. The Labute approximate surface area is 189 Å². The van der Waals surface area contributed by atoms with Gasteiger partial charge in [-0.3, -0.25) is 4.79 Å². The zero-order chi connectivity index (χ0) is 22.6. The van der Waals surface area contributed by atoms with Crippen LogP contribution in [-0.4, -0.2) is 39.4 Å². The normalized spacial score (nSPS) is 11.9. The zero-order valence-electron chi connectivity index (χ0n) is 17.8. The van der Waals surface area contributed by atoms with Crippen molar-refractivity contribution >= 4 is 5.97 Å². The first-order chi connectivity index (χ1) is 16.2. The summed E-state index contributed by atoms with van der Waals surface area (Å²) in [6, 6.07) is 13.2. The minimum atomic E-state index is -0.401. The molecule has 0 spiro atoms. The van der Waals surface area contributed by atoms with Crippen molar-refractivity contribution in [1.82, 2.24) is 19.5 Å². The molecule has 0 fully saturated rings. The van der Waals surface area contributed by atoms with Gasteiger partial charge >= 0.3 is 5.97 Å². The summed E-state index contributed by atoms with van der Waals surface area (Å²) in [5.74, 6) is 2.45. The van der Waals surface area contributed by atoms with Crippen LogP contribution in [0.1, 0.15) is 17.0 Å². The molecule has 4 aromatic rings. The molecule has 0 N–H and O–H groups in total. The Balaban J connectivity index is 1.40. The Morgan fingerprint density at radius 2 is 1.97 bits per heavy atom. The van der Waals surface area contributed by atoms with Crippen LogP contribution in [0.4, 0.5) is 0 Å². The van der Waals surface area contributed by atoms with Crippen molar-refractivity contribution in [1.29, 1.82) is 0 Å². The van der Waals surface area contributed by atoms with E-state index in [1.54, 1.807) is 18.7 Å². The minimum absolute atomic E-state index is 0.00323. The maximum atomic E-state index is 11.9. The number of hydrogen-bond acceptors (Lipinski definition) is 8. The fraction of sp³-hybridized carbons (Fsp3) is 0.167. The van der Waals surface area contributed by atoms with Crippen molar-refractivity contribution in [3.8, 4) is 28.8 Å². The Bertz CT molecular complexity index is 1270. The molecule has 0 atom stereocenters. The van der Waals surface area contributed by atoms with Crippen LogP contribution in [0.3, 0.4) is 0 Å². The summed E-state index contributed by atoms with van der Waals surface area (Å²) < 4.78 is 23.5. The maximum Gasteiger partial charge on any atom is 0.310 e. The van der Waals surface area contributed by atoms with E-state index in [9.17, 15) is 4.79 Å². The molecule has 1 aliphatic heterocycles. The van der Waals surface area contributed by atoms with Crippen molar-refractivity contribution < 1.29 is 23.7 Å². The fourth-order valence-corrected chi connectivity index (χ4v) is 3.39. The number of methoxy groups -OCH3 is 1. The van der Waals surface area contributed by atoms with Gasteiger partial charge in [-0.25, -0.2) is 9.97 Å². The highest BCUT2D eigenvalue weighted by Gasteiger charge is 2.17. The van der Waals surface area contributed by atoms with E-state index < -0.39 is 5.97 Å². The largest absolute Gasteiger partial charge is 0.469 e. The number of hydrogen-bond donors (Lipinski definition) is 0. The smallest absolute Gasteiger partial charge is 0.310 e. The SMILES string of the molecule is COC(=O)Cc1cnc(Cc2ccc3c(c2)OCO3)nc1Oc1ccc(-n2ccnc2)cc1. The molecule has 0 amide bonds. The Hall–Kier alpha value is -4.40. The van der Waals surface area contributed by atoms with Gasteiger partial charge < -0.3 is 23.5 Å². The lowest BCUT2D eigenvalue weighted by atomic mass is 10.1. The van der Waals surface area contributed by atoms with Gasteiger partial charge in [0.1, 0.15) is 11.6 Å². The number of carbonyl (C=O) groups is 1. The van der Waals surface area contributed by atoms with E-state index in [0.717, 1.165) is 17.0 Å². The molecule has 0 radical (unpaired) electrons. The zero-order valence-corrected chi connectivity index (χ0v) is 17.8. The fourth-order valence-electron chi connectivity index (χ4n) is 3.39. The number of rotatable bonds is 7.